The Morgan fingerprint density at radius 3 is 2.47 bits per heavy atom. The first-order valence-corrected chi connectivity index (χ1v) is 5.09. The van der Waals surface area contributed by atoms with Crippen LogP contribution in [0.25, 0.3) is 5.69 Å². The molecule has 0 unspecified atom stereocenters. The fourth-order valence-electron chi connectivity index (χ4n) is 1.40. The van der Waals surface area contributed by atoms with Crippen molar-refractivity contribution in [3.8, 4) is 5.69 Å². The van der Waals surface area contributed by atoms with Gasteiger partial charge in [-0.25, -0.2) is 4.68 Å². The van der Waals surface area contributed by atoms with Crippen molar-refractivity contribution in [2.45, 2.75) is 5.38 Å². The number of carbonyl (C=O) groups is 1. The Morgan fingerprint density at radius 1 is 1.24 bits per heavy atom. The van der Waals surface area contributed by atoms with Crippen molar-refractivity contribution in [2.75, 3.05) is 0 Å². The summed E-state index contributed by atoms with van der Waals surface area (Å²) in [7, 11) is 0. The molecule has 0 aliphatic carbocycles. The maximum Gasteiger partial charge on any atom is 0.386 e. The number of alkyl halides is 3. The van der Waals surface area contributed by atoms with Gasteiger partial charge in [-0.3, -0.25) is 4.79 Å². The third-order valence-corrected chi connectivity index (χ3v) is 2.31. The van der Waals surface area contributed by atoms with Gasteiger partial charge < -0.3 is 0 Å². The van der Waals surface area contributed by atoms with E-state index in [2.05, 4.69) is 5.10 Å². The highest BCUT2D eigenvalue weighted by molar-refractivity contribution is 6.35. The number of para-hydroxylation sites is 1. The average Bonchev–Trinajstić information content (AvgIpc) is 2.76. The molecule has 0 bridgehead atoms. The van der Waals surface area contributed by atoms with Gasteiger partial charge >= 0.3 is 5.38 Å². The highest BCUT2D eigenvalue weighted by atomic mass is 35.5. The average molecular weight is 257 g/mol. The van der Waals surface area contributed by atoms with Crippen LogP contribution >= 0.6 is 11.6 Å². The van der Waals surface area contributed by atoms with Gasteiger partial charge in [0, 0.05) is 0 Å². The summed E-state index contributed by atoms with van der Waals surface area (Å²) in [6, 6.07) is 9.69. The van der Waals surface area contributed by atoms with Gasteiger partial charge in [0.05, 0.1) is 11.9 Å². The zero-order valence-corrected chi connectivity index (χ0v) is 9.23. The van der Waals surface area contributed by atoms with E-state index < -0.39 is 11.2 Å². The van der Waals surface area contributed by atoms with Crippen molar-refractivity contribution < 1.29 is 13.6 Å². The van der Waals surface area contributed by atoms with Crippen LogP contribution < -0.4 is 0 Å². The molecule has 2 aromatic rings. The van der Waals surface area contributed by atoms with E-state index in [4.69, 9.17) is 11.6 Å². The molecule has 0 saturated carbocycles. The van der Waals surface area contributed by atoms with E-state index in [1.165, 1.54) is 12.3 Å². The van der Waals surface area contributed by atoms with Crippen LogP contribution in [-0.4, -0.2) is 20.9 Å². The number of carbonyl (C=O) groups excluding carboxylic acids is 1. The monoisotopic (exact) mass is 256 g/mol. The van der Waals surface area contributed by atoms with Crippen LogP contribution in [0.15, 0.2) is 42.6 Å². The molecule has 1 heterocycles. The second kappa shape index (κ2) is 4.25. The summed E-state index contributed by atoms with van der Waals surface area (Å²) in [5.74, 6) is -1.47. The van der Waals surface area contributed by atoms with Gasteiger partial charge in [-0.2, -0.15) is 13.9 Å². The standard InChI is InChI=1S/C11H7ClF2N2O/c12-11(13,14)10(17)9-6-7-15-16(9)8-4-2-1-3-5-8/h1-7H. The SMILES string of the molecule is O=C(c1ccnn1-c1ccccc1)C(F)(F)Cl. The highest BCUT2D eigenvalue weighted by Crippen LogP contribution is 2.25. The predicted octanol–water partition coefficient (Wildman–Crippen LogP) is 2.89. The lowest BCUT2D eigenvalue weighted by Gasteiger charge is -2.09. The van der Waals surface area contributed by atoms with Gasteiger partial charge in [-0.15, -0.1) is 0 Å². The van der Waals surface area contributed by atoms with Gasteiger partial charge in [0.1, 0.15) is 5.69 Å². The minimum Gasteiger partial charge on any atom is -0.284 e. The molecule has 88 valence electrons. The molecular weight excluding hydrogens is 250 g/mol. The molecule has 1 aromatic heterocycles. The molecule has 0 spiro atoms. The number of ketones is 1. The number of hydrogen-bond acceptors (Lipinski definition) is 2. The summed E-state index contributed by atoms with van der Waals surface area (Å²) < 4.78 is 26.6. The lowest BCUT2D eigenvalue weighted by atomic mass is 10.2. The minimum atomic E-state index is -3.92. The normalized spacial score (nSPS) is 11.5. The molecule has 0 atom stereocenters. The first-order valence-electron chi connectivity index (χ1n) is 4.71. The summed E-state index contributed by atoms with van der Waals surface area (Å²) in [5, 5.41) is -0.0992. The lowest BCUT2D eigenvalue weighted by molar-refractivity contribution is 0.0527. The van der Waals surface area contributed by atoms with Crippen molar-refractivity contribution >= 4 is 17.4 Å². The van der Waals surface area contributed by atoms with E-state index in [9.17, 15) is 13.6 Å². The highest BCUT2D eigenvalue weighted by Gasteiger charge is 2.38. The molecule has 0 aliphatic heterocycles. The number of hydrogen-bond donors (Lipinski definition) is 0. The Bertz CT molecular complexity index is 534. The number of nitrogens with zero attached hydrogens (tertiary/aromatic N) is 2. The van der Waals surface area contributed by atoms with Crippen LogP contribution in [0.1, 0.15) is 10.5 Å². The molecule has 0 radical (unpaired) electrons. The maximum absolute atomic E-state index is 12.7. The summed E-state index contributed by atoms with van der Waals surface area (Å²) >= 11 is 4.71. The molecule has 0 aliphatic rings. The summed E-state index contributed by atoms with van der Waals surface area (Å²) in [6.45, 7) is 0. The van der Waals surface area contributed by atoms with Crippen LogP contribution in [0.5, 0.6) is 0 Å². The third-order valence-electron chi connectivity index (χ3n) is 2.13. The van der Waals surface area contributed by atoms with Crippen molar-refractivity contribution in [1.82, 2.24) is 9.78 Å². The number of benzene rings is 1. The molecule has 0 amide bonds. The Kier molecular flexibility index (Phi) is 2.93. The molecular formula is C11H7ClF2N2O. The molecule has 3 nitrogen and oxygen atoms in total. The van der Waals surface area contributed by atoms with E-state index in [1.807, 2.05) is 0 Å². The molecule has 17 heavy (non-hydrogen) atoms. The van der Waals surface area contributed by atoms with Gasteiger partial charge in [0.15, 0.2) is 0 Å². The topological polar surface area (TPSA) is 34.9 Å². The zero-order valence-electron chi connectivity index (χ0n) is 8.48. The van der Waals surface area contributed by atoms with Crippen LogP contribution in [0, 0.1) is 0 Å². The summed E-state index contributed by atoms with van der Waals surface area (Å²) in [6.07, 6.45) is 1.27. The second-order valence-corrected chi connectivity index (χ2v) is 3.77. The number of aromatic nitrogens is 2. The number of Topliss-reactive ketones (excluding diaryl/α,β-unsaturated/α-hetero) is 1. The van der Waals surface area contributed by atoms with E-state index in [-0.39, 0.29) is 5.69 Å². The van der Waals surface area contributed by atoms with Crippen molar-refractivity contribution in [2.24, 2.45) is 0 Å². The predicted molar refractivity (Wildman–Crippen MR) is 58.7 cm³/mol. The fourth-order valence-corrected chi connectivity index (χ4v) is 1.49. The van der Waals surface area contributed by atoms with Crippen LogP contribution in [-0.2, 0) is 0 Å². The van der Waals surface area contributed by atoms with Crippen molar-refractivity contribution in [1.29, 1.82) is 0 Å². The summed E-state index contributed by atoms with van der Waals surface area (Å²) in [4.78, 5) is 11.4. The lowest BCUT2D eigenvalue weighted by Crippen LogP contribution is -2.24. The zero-order chi connectivity index (χ0) is 12.5. The molecule has 0 N–H and O–H groups in total. The Labute approximate surface area is 101 Å². The fraction of sp³-hybridized carbons (Fsp3) is 0.0909. The largest absolute Gasteiger partial charge is 0.386 e. The first-order chi connectivity index (χ1) is 8.00. The molecule has 0 saturated heterocycles. The number of halogens is 3. The van der Waals surface area contributed by atoms with E-state index in [0.717, 1.165) is 4.68 Å². The Morgan fingerprint density at radius 2 is 1.88 bits per heavy atom. The van der Waals surface area contributed by atoms with Gasteiger partial charge in [-0.05, 0) is 29.8 Å². The molecule has 6 heteroatoms. The summed E-state index contributed by atoms with van der Waals surface area (Å²) in [5.41, 5.74) is 0.262. The maximum atomic E-state index is 12.7. The quantitative estimate of drug-likeness (QED) is 0.625. The van der Waals surface area contributed by atoms with Crippen LogP contribution in [0.3, 0.4) is 0 Å². The Balaban J connectivity index is 2.46. The van der Waals surface area contributed by atoms with E-state index >= 15 is 0 Å². The number of rotatable bonds is 3. The van der Waals surface area contributed by atoms with Crippen LogP contribution in [0.2, 0.25) is 0 Å². The van der Waals surface area contributed by atoms with E-state index in [1.54, 1.807) is 30.3 Å². The van der Waals surface area contributed by atoms with Crippen LogP contribution in [0.4, 0.5) is 8.78 Å². The van der Waals surface area contributed by atoms with Gasteiger partial charge in [-0.1, -0.05) is 18.2 Å². The smallest absolute Gasteiger partial charge is 0.284 e. The molecule has 1 aromatic carbocycles. The Hall–Kier alpha value is -1.75. The first kappa shape index (κ1) is 11.7. The third kappa shape index (κ3) is 2.34. The van der Waals surface area contributed by atoms with Gasteiger partial charge in [0.2, 0.25) is 0 Å². The van der Waals surface area contributed by atoms with Gasteiger partial charge in [0.25, 0.3) is 5.78 Å². The molecule has 2 rings (SSSR count). The van der Waals surface area contributed by atoms with E-state index in [0.29, 0.717) is 5.69 Å². The second-order valence-electron chi connectivity index (χ2n) is 3.29. The van der Waals surface area contributed by atoms with Crippen molar-refractivity contribution in [3.05, 3.63) is 48.3 Å². The van der Waals surface area contributed by atoms with Crippen molar-refractivity contribution in [3.63, 3.8) is 0 Å². The minimum absolute atomic E-state index is 0.254. The molecule has 0 fully saturated rings.